The molecule has 0 bridgehead atoms. The lowest BCUT2D eigenvalue weighted by Crippen LogP contribution is -2.34. The van der Waals surface area contributed by atoms with Gasteiger partial charge in [0.25, 0.3) is 5.91 Å². The molecule has 0 spiro atoms. The number of rotatable bonds is 9. The molecule has 0 saturated heterocycles. The zero-order valence-corrected chi connectivity index (χ0v) is 22.4. The van der Waals surface area contributed by atoms with Crippen molar-refractivity contribution in [3.63, 3.8) is 0 Å². The summed E-state index contributed by atoms with van der Waals surface area (Å²) in [6, 6.07) is 26.9. The monoisotopic (exact) mass is 507 g/mol. The highest BCUT2D eigenvalue weighted by Gasteiger charge is 2.23. The van der Waals surface area contributed by atoms with Crippen LogP contribution in [0.4, 0.5) is 11.8 Å². The summed E-state index contributed by atoms with van der Waals surface area (Å²) in [4.78, 5) is 24.7. The Morgan fingerprint density at radius 2 is 1.55 bits per heavy atom. The van der Waals surface area contributed by atoms with Crippen LogP contribution in [-0.2, 0) is 12.8 Å². The maximum absolute atomic E-state index is 13.1. The number of hydrogen-bond donors (Lipinski definition) is 2. The first-order valence-electron chi connectivity index (χ1n) is 13.7. The predicted molar refractivity (Wildman–Crippen MR) is 156 cm³/mol. The molecule has 1 aliphatic rings. The highest BCUT2D eigenvalue weighted by molar-refractivity contribution is 5.95. The van der Waals surface area contributed by atoms with E-state index in [2.05, 4.69) is 47.0 Å². The lowest BCUT2D eigenvalue weighted by Gasteiger charge is -2.29. The number of benzene rings is 3. The van der Waals surface area contributed by atoms with Gasteiger partial charge < -0.3 is 15.5 Å². The topological polar surface area (TPSA) is 70.2 Å². The minimum atomic E-state index is 0.0367. The summed E-state index contributed by atoms with van der Waals surface area (Å²) in [5, 5.41) is 7.86. The molecule has 1 heterocycles. The molecule has 1 saturated carbocycles. The zero-order chi connectivity index (χ0) is 26.3. The fraction of sp³-hybridized carbons (Fsp3) is 0.344. The van der Waals surface area contributed by atoms with Crippen LogP contribution in [0.1, 0.15) is 47.2 Å². The van der Waals surface area contributed by atoms with Crippen LogP contribution < -0.4 is 15.5 Å². The summed E-state index contributed by atoms with van der Waals surface area (Å²) in [5.74, 6) is 2.15. The summed E-state index contributed by atoms with van der Waals surface area (Å²) < 4.78 is 0. The van der Waals surface area contributed by atoms with Gasteiger partial charge in [-0.2, -0.15) is 4.98 Å². The molecule has 1 aliphatic carbocycles. The number of para-hydroxylation sites is 1. The maximum atomic E-state index is 13.1. The summed E-state index contributed by atoms with van der Waals surface area (Å²) in [6.07, 6.45) is 6.02. The number of carbonyl (C=O) groups is 1. The van der Waals surface area contributed by atoms with Crippen LogP contribution in [0, 0.1) is 5.92 Å². The Balaban J connectivity index is 1.13. The van der Waals surface area contributed by atoms with Crippen molar-refractivity contribution in [1.29, 1.82) is 0 Å². The average molecular weight is 508 g/mol. The summed E-state index contributed by atoms with van der Waals surface area (Å²) >= 11 is 0. The van der Waals surface area contributed by atoms with Crippen molar-refractivity contribution in [1.82, 2.24) is 15.3 Å². The molecule has 1 amide bonds. The highest BCUT2D eigenvalue weighted by atomic mass is 16.1. The number of anilines is 2. The number of fused-ring (bicyclic) bond motifs is 1. The molecular formula is C32H37N5O. The van der Waals surface area contributed by atoms with E-state index in [4.69, 9.17) is 9.97 Å². The third-order valence-corrected chi connectivity index (χ3v) is 7.53. The van der Waals surface area contributed by atoms with Gasteiger partial charge in [0, 0.05) is 37.6 Å². The van der Waals surface area contributed by atoms with Gasteiger partial charge in [-0.1, -0.05) is 60.7 Å². The molecule has 38 heavy (non-hydrogen) atoms. The molecule has 6 nitrogen and oxygen atoms in total. The first-order valence-corrected chi connectivity index (χ1v) is 13.7. The van der Waals surface area contributed by atoms with Crippen molar-refractivity contribution >= 4 is 28.6 Å². The Labute approximate surface area is 225 Å². The van der Waals surface area contributed by atoms with E-state index in [0.717, 1.165) is 72.9 Å². The van der Waals surface area contributed by atoms with Crippen LogP contribution in [0.2, 0.25) is 0 Å². The smallest absolute Gasteiger partial charge is 0.251 e. The SMILES string of the molecule is CN(C)c1nc(N[C@H]2CC[C@@H](CNC(=O)c3ccccc3CCc3ccccc3)CC2)nc2ccccc12. The van der Waals surface area contributed by atoms with E-state index >= 15 is 0 Å². The molecule has 0 atom stereocenters. The van der Waals surface area contributed by atoms with E-state index in [-0.39, 0.29) is 5.91 Å². The van der Waals surface area contributed by atoms with Crippen molar-refractivity contribution in [2.24, 2.45) is 5.92 Å². The van der Waals surface area contributed by atoms with Crippen molar-refractivity contribution < 1.29 is 4.79 Å². The molecular weight excluding hydrogens is 470 g/mol. The van der Waals surface area contributed by atoms with E-state index in [1.807, 2.05) is 61.5 Å². The Morgan fingerprint density at radius 3 is 2.34 bits per heavy atom. The molecule has 6 heteroatoms. The van der Waals surface area contributed by atoms with E-state index in [9.17, 15) is 4.79 Å². The second-order valence-electron chi connectivity index (χ2n) is 10.5. The Hall–Kier alpha value is -3.93. The molecule has 1 aromatic heterocycles. The van der Waals surface area contributed by atoms with Crippen LogP contribution in [0.3, 0.4) is 0 Å². The largest absolute Gasteiger partial charge is 0.362 e. The van der Waals surface area contributed by atoms with E-state index < -0.39 is 0 Å². The second-order valence-corrected chi connectivity index (χ2v) is 10.5. The Kier molecular flexibility index (Phi) is 8.17. The Bertz CT molecular complexity index is 1360. The molecule has 196 valence electrons. The molecule has 1 fully saturated rings. The zero-order valence-electron chi connectivity index (χ0n) is 22.4. The standard InChI is InChI=1S/C32H37N5O/c1-37(2)30-28-14-8-9-15-29(28)35-32(36-30)34-26-20-17-24(18-21-26)22-33-31(38)27-13-7-6-12-25(27)19-16-23-10-4-3-5-11-23/h3-15,24,26H,16-22H2,1-2H3,(H,33,38)(H,34,35,36)/t24-,26+. The van der Waals surface area contributed by atoms with E-state index in [1.165, 1.54) is 5.56 Å². The summed E-state index contributed by atoms with van der Waals surface area (Å²) in [5.41, 5.74) is 4.15. The van der Waals surface area contributed by atoms with Crippen molar-refractivity contribution in [2.75, 3.05) is 30.9 Å². The van der Waals surface area contributed by atoms with Gasteiger partial charge in [-0.15, -0.1) is 0 Å². The van der Waals surface area contributed by atoms with E-state index in [1.54, 1.807) is 0 Å². The number of carbonyl (C=O) groups excluding carboxylic acids is 1. The van der Waals surface area contributed by atoms with Gasteiger partial charge in [-0.3, -0.25) is 4.79 Å². The first kappa shape index (κ1) is 25.7. The second kappa shape index (κ2) is 12.1. The normalized spacial score (nSPS) is 17.2. The average Bonchev–Trinajstić information content (AvgIpc) is 2.96. The van der Waals surface area contributed by atoms with Crippen LogP contribution in [0.15, 0.2) is 78.9 Å². The molecule has 2 N–H and O–H groups in total. The quantitative estimate of drug-likeness (QED) is 0.296. The number of amides is 1. The number of hydrogen-bond acceptors (Lipinski definition) is 5. The summed E-state index contributed by atoms with van der Waals surface area (Å²) in [6.45, 7) is 0.718. The third-order valence-electron chi connectivity index (χ3n) is 7.53. The third kappa shape index (κ3) is 6.31. The molecule has 4 aromatic rings. The van der Waals surface area contributed by atoms with Gasteiger partial charge in [0.15, 0.2) is 0 Å². The number of nitrogens with one attached hydrogen (secondary N) is 2. The van der Waals surface area contributed by atoms with Gasteiger partial charge in [-0.25, -0.2) is 4.98 Å². The minimum Gasteiger partial charge on any atom is -0.362 e. The minimum absolute atomic E-state index is 0.0367. The number of aromatic nitrogens is 2. The lowest BCUT2D eigenvalue weighted by molar-refractivity contribution is 0.0942. The van der Waals surface area contributed by atoms with Crippen LogP contribution >= 0.6 is 0 Å². The van der Waals surface area contributed by atoms with Crippen LogP contribution in [0.25, 0.3) is 10.9 Å². The Morgan fingerprint density at radius 1 is 0.842 bits per heavy atom. The maximum Gasteiger partial charge on any atom is 0.251 e. The van der Waals surface area contributed by atoms with Crippen molar-refractivity contribution in [3.05, 3.63) is 95.6 Å². The summed E-state index contributed by atoms with van der Waals surface area (Å²) in [7, 11) is 4.03. The van der Waals surface area contributed by atoms with Gasteiger partial charge in [0.2, 0.25) is 5.95 Å². The van der Waals surface area contributed by atoms with Gasteiger partial charge in [-0.05, 0) is 73.8 Å². The molecule has 0 unspecified atom stereocenters. The molecule has 5 rings (SSSR count). The number of aryl methyl sites for hydroxylation is 2. The predicted octanol–water partition coefficient (Wildman–Crippen LogP) is 5.88. The van der Waals surface area contributed by atoms with Gasteiger partial charge in [0.1, 0.15) is 5.82 Å². The highest BCUT2D eigenvalue weighted by Crippen LogP contribution is 2.28. The fourth-order valence-electron chi connectivity index (χ4n) is 5.37. The molecule has 3 aromatic carbocycles. The lowest BCUT2D eigenvalue weighted by atomic mass is 9.86. The van der Waals surface area contributed by atoms with Gasteiger partial charge in [0.05, 0.1) is 5.52 Å². The van der Waals surface area contributed by atoms with Gasteiger partial charge >= 0.3 is 0 Å². The van der Waals surface area contributed by atoms with Crippen molar-refractivity contribution in [2.45, 2.75) is 44.6 Å². The fourth-order valence-corrected chi connectivity index (χ4v) is 5.37. The molecule has 0 radical (unpaired) electrons. The van der Waals surface area contributed by atoms with E-state index in [0.29, 0.717) is 17.9 Å². The molecule has 0 aliphatic heterocycles. The van der Waals surface area contributed by atoms with Crippen LogP contribution in [-0.4, -0.2) is 42.6 Å². The van der Waals surface area contributed by atoms with Crippen LogP contribution in [0.5, 0.6) is 0 Å². The first-order chi connectivity index (χ1) is 18.6. The van der Waals surface area contributed by atoms with Crippen molar-refractivity contribution in [3.8, 4) is 0 Å². The number of nitrogens with zero attached hydrogens (tertiary/aromatic N) is 3.